The lowest BCUT2D eigenvalue weighted by atomic mass is 10.3. The molecule has 0 radical (unpaired) electrons. The van der Waals surface area contributed by atoms with Gasteiger partial charge in [-0.25, -0.2) is 4.79 Å². The van der Waals surface area contributed by atoms with E-state index < -0.39 is 11.2 Å². The van der Waals surface area contributed by atoms with Crippen molar-refractivity contribution in [2.75, 3.05) is 5.73 Å². The van der Waals surface area contributed by atoms with Crippen molar-refractivity contribution in [1.82, 2.24) is 9.55 Å². The SMILES string of the molecule is CC(C)n1cc(Oc2c(Cl)cc(N)cc2Cl)c(=O)[nH]c1=O. The number of aromatic amines is 1. The van der Waals surface area contributed by atoms with Gasteiger partial charge in [0.15, 0.2) is 5.75 Å². The molecule has 2 aromatic rings. The standard InChI is InChI=1S/C13H13Cl2N3O3/c1-6(2)18-5-10(12(19)17-13(18)20)21-11-8(14)3-7(16)4-9(11)15/h3-6H,16H2,1-2H3,(H,17,19,20). The van der Waals surface area contributed by atoms with Crippen LogP contribution in [-0.4, -0.2) is 9.55 Å². The lowest BCUT2D eigenvalue weighted by Crippen LogP contribution is -2.30. The highest BCUT2D eigenvalue weighted by molar-refractivity contribution is 6.37. The first-order chi connectivity index (χ1) is 9.79. The van der Waals surface area contributed by atoms with Crippen LogP contribution in [0.1, 0.15) is 19.9 Å². The number of anilines is 1. The number of rotatable bonds is 3. The molecule has 0 saturated heterocycles. The van der Waals surface area contributed by atoms with Gasteiger partial charge in [0.05, 0.1) is 16.2 Å². The summed E-state index contributed by atoms with van der Waals surface area (Å²) >= 11 is 12.0. The van der Waals surface area contributed by atoms with Gasteiger partial charge in [-0.3, -0.25) is 14.3 Å². The summed E-state index contributed by atoms with van der Waals surface area (Å²) in [5.74, 6) is 0.0175. The van der Waals surface area contributed by atoms with Crippen molar-refractivity contribution in [3.05, 3.63) is 49.2 Å². The molecular weight excluding hydrogens is 317 g/mol. The number of benzene rings is 1. The minimum Gasteiger partial charge on any atom is -0.447 e. The maximum Gasteiger partial charge on any atom is 0.328 e. The van der Waals surface area contributed by atoms with Crippen LogP contribution in [0.4, 0.5) is 5.69 Å². The molecular formula is C13H13Cl2N3O3. The van der Waals surface area contributed by atoms with E-state index in [1.54, 1.807) is 13.8 Å². The van der Waals surface area contributed by atoms with Gasteiger partial charge in [0.25, 0.3) is 5.56 Å². The van der Waals surface area contributed by atoms with E-state index in [4.69, 9.17) is 33.7 Å². The monoisotopic (exact) mass is 329 g/mol. The minimum atomic E-state index is -0.666. The molecule has 2 rings (SSSR count). The molecule has 0 saturated carbocycles. The molecule has 1 heterocycles. The molecule has 21 heavy (non-hydrogen) atoms. The molecule has 0 amide bonds. The van der Waals surface area contributed by atoms with Crippen molar-refractivity contribution >= 4 is 28.9 Å². The molecule has 0 fully saturated rings. The van der Waals surface area contributed by atoms with Gasteiger partial charge < -0.3 is 10.5 Å². The van der Waals surface area contributed by atoms with E-state index in [-0.39, 0.29) is 27.6 Å². The maximum absolute atomic E-state index is 11.8. The summed E-state index contributed by atoms with van der Waals surface area (Å²) in [5.41, 5.74) is 4.79. The van der Waals surface area contributed by atoms with E-state index in [1.807, 2.05) is 0 Å². The van der Waals surface area contributed by atoms with Gasteiger partial charge in [0, 0.05) is 11.7 Å². The Kier molecular flexibility index (Phi) is 4.29. The second-order valence-corrected chi connectivity index (χ2v) is 5.48. The van der Waals surface area contributed by atoms with E-state index in [9.17, 15) is 9.59 Å². The predicted molar refractivity (Wildman–Crippen MR) is 82.7 cm³/mol. The Bertz CT molecular complexity index is 773. The van der Waals surface area contributed by atoms with Crippen molar-refractivity contribution in [1.29, 1.82) is 0 Å². The Balaban J connectivity index is 2.52. The van der Waals surface area contributed by atoms with Gasteiger partial charge in [0.2, 0.25) is 5.75 Å². The third kappa shape index (κ3) is 3.22. The molecule has 112 valence electrons. The lowest BCUT2D eigenvalue weighted by molar-refractivity contribution is 0.452. The van der Waals surface area contributed by atoms with Crippen LogP contribution in [-0.2, 0) is 0 Å². The average Bonchev–Trinajstić information content (AvgIpc) is 2.35. The van der Waals surface area contributed by atoms with Crippen LogP contribution in [0.3, 0.4) is 0 Å². The zero-order valence-electron chi connectivity index (χ0n) is 11.3. The smallest absolute Gasteiger partial charge is 0.328 e. The van der Waals surface area contributed by atoms with Crippen molar-refractivity contribution < 1.29 is 4.74 Å². The van der Waals surface area contributed by atoms with E-state index >= 15 is 0 Å². The van der Waals surface area contributed by atoms with Gasteiger partial charge in [-0.2, -0.15) is 0 Å². The first-order valence-electron chi connectivity index (χ1n) is 6.07. The average molecular weight is 330 g/mol. The van der Waals surface area contributed by atoms with Crippen molar-refractivity contribution in [3.63, 3.8) is 0 Å². The van der Waals surface area contributed by atoms with Crippen molar-refractivity contribution in [3.8, 4) is 11.5 Å². The third-order valence-corrected chi connectivity index (χ3v) is 3.29. The Morgan fingerprint density at radius 2 is 1.81 bits per heavy atom. The summed E-state index contributed by atoms with van der Waals surface area (Å²) in [6.45, 7) is 3.60. The summed E-state index contributed by atoms with van der Waals surface area (Å²) in [6.07, 6.45) is 1.31. The zero-order valence-corrected chi connectivity index (χ0v) is 12.8. The predicted octanol–water partition coefficient (Wildman–Crippen LogP) is 2.80. The number of nitrogens with one attached hydrogen (secondary N) is 1. The van der Waals surface area contributed by atoms with Crippen molar-refractivity contribution in [2.24, 2.45) is 0 Å². The Labute approximate surface area is 130 Å². The molecule has 0 bridgehead atoms. The number of nitrogens with two attached hydrogens (primary N) is 1. The first kappa shape index (κ1) is 15.5. The van der Waals surface area contributed by atoms with E-state index in [0.717, 1.165) is 0 Å². The highest BCUT2D eigenvalue weighted by Crippen LogP contribution is 2.37. The molecule has 0 unspecified atom stereocenters. The molecule has 1 aromatic carbocycles. The van der Waals surface area contributed by atoms with Crippen LogP contribution < -0.4 is 21.7 Å². The maximum atomic E-state index is 11.8. The fourth-order valence-corrected chi connectivity index (χ4v) is 2.29. The number of H-pyrrole nitrogens is 1. The molecule has 6 nitrogen and oxygen atoms in total. The van der Waals surface area contributed by atoms with Crippen molar-refractivity contribution in [2.45, 2.75) is 19.9 Å². The van der Waals surface area contributed by atoms with Crippen LogP contribution >= 0.6 is 23.2 Å². The first-order valence-corrected chi connectivity index (χ1v) is 6.83. The number of hydrogen-bond acceptors (Lipinski definition) is 4. The fourth-order valence-electron chi connectivity index (χ4n) is 1.71. The summed E-state index contributed by atoms with van der Waals surface area (Å²) < 4.78 is 6.78. The largest absolute Gasteiger partial charge is 0.447 e. The number of nitrogens with zero attached hydrogens (tertiary/aromatic N) is 1. The molecule has 0 spiro atoms. The summed E-state index contributed by atoms with van der Waals surface area (Å²) in [6, 6.07) is 2.76. The second-order valence-electron chi connectivity index (χ2n) is 4.67. The van der Waals surface area contributed by atoms with Gasteiger partial charge in [0.1, 0.15) is 0 Å². The fraction of sp³-hybridized carbons (Fsp3) is 0.231. The van der Waals surface area contributed by atoms with Crippen LogP contribution in [0.5, 0.6) is 11.5 Å². The number of hydrogen-bond donors (Lipinski definition) is 2. The molecule has 0 atom stereocenters. The highest BCUT2D eigenvalue weighted by Gasteiger charge is 2.14. The van der Waals surface area contributed by atoms with E-state index in [1.165, 1.54) is 22.9 Å². The molecule has 3 N–H and O–H groups in total. The second kappa shape index (κ2) is 5.83. The zero-order chi connectivity index (χ0) is 15.7. The van der Waals surface area contributed by atoms with Crippen LogP contribution in [0, 0.1) is 0 Å². The summed E-state index contributed by atoms with van der Waals surface area (Å²) in [7, 11) is 0. The van der Waals surface area contributed by atoms with E-state index in [0.29, 0.717) is 5.69 Å². The minimum absolute atomic E-state index is 0.0862. The summed E-state index contributed by atoms with van der Waals surface area (Å²) in [5, 5.41) is 0.336. The van der Waals surface area contributed by atoms with E-state index in [2.05, 4.69) is 4.98 Å². The molecule has 8 heteroatoms. The number of ether oxygens (including phenoxy) is 1. The molecule has 1 aromatic heterocycles. The molecule has 0 aliphatic heterocycles. The Hall–Kier alpha value is -1.92. The normalized spacial score (nSPS) is 10.9. The highest BCUT2D eigenvalue weighted by atomic mass is 35.5. The number of aromatic nitrogens is 2. The van der Waals surface area contributed by atoms with Gasteiger partial charge in [-0.05, 0) is 26.0 Å². The molecule has 0 aliphatic rings. The van der Waals surface area contributed by atoms with Crippen LogP contribution in [0.2, 0.25) is 10.0 Å². The third-order valence-electron chi connectivity index (χ3n) is 2.72. The Morgan fingerprint density at radius 3 is 2.33 bits per heavy atom. The number of halogens is 2. The lowest BCUT2D eigenvalue weighted by Gasteiger charge is -2.13. The summed E-state index contributed by atoms with van der Waals surface area (Å²) in [4.78, 5) is 25.6. The van der Waals surface area contributed by atoms with Crippen LogP contribution in [0.25, 0.3) is 0 Å². The van der Waals surface area contributed by atoms with Gasteiger partial charge >= 0.3 is 5.69 Å². The van der Waals surface area contributed by atoms with Crippen LogP contribution in [0.15, 0.2) is 27.9 Å². The topological polar surface area (TPSA) is 90.1 Å². The van der Waals surface area contributed by atoms with Gasteiger partial charge in [-0.1, -0.05) is 23.2 Å². The number of nitrogen functional groups attached to an aromatic ring is 1. The van der Waals surface area contributed by atoms with Gasteiger partial charge in [-0.15, -0.1) is 0 Å². The molecule has 0 aliphatic carbocycles. The quantitative estimate of drug-likeness (QED) is 0.847. The Morgan fingerprint density at radius 1 is 1.24 bits per heavy atom.